The molecule has 9 N–H and O–H groups in total. The van der Waals surface area contributed by atoms with E-state index >= 15 is 0 Å². The predicted molar refractivity (Wildman–Crippen MR) is 293 cm³/mol. The number of carbonyl (C=O) groups is 10. The van der Waals surface area contributed by atoms with Crippen LogP contribution in [0.15, 0.2) is 67.8 Å². The van der Waals surface area contributed by atoms with Crippen molar-refractivity contribution in [1.29, 1.82) is 0 Å². The standard InChI is InChI=1S/C50H60N20O11/c1-9-81-49(80)45-58-34(26-69(45)7)59-46(77)31-19-28(22-65(31)3)52-39(73)13-16-42(76)63-50-60-33(27-70(50)8)56-37(71)11-10-12-38(72)61-35-21-30(24-66(35)4)54-48(79)44-57-32(25-68(44)6)55-40(74)14-15-41(75)62-36-20-29(23-67(36)5)53-47(78)43-51-17-18-64(43)2/h17-27H,9-16H2,1-8H3,(H,52,73)(H,53,78)(H,54,79)(H,55,74)(H,56,71)(H,59,77)(H,61,72)(H,62,75)(H,60,63,76). The van der Waals surface area contributed by atoms with E-state index in [0.717, 1.165) is 0 Å². The van der Waals surface area contributed by atoms with Crippen LogP contribution < -0.4 is 47.9 Å². The molecule has 0 unspecified atom stereocenters. The molecule has 31 nitrogen and oxygen atoms in total. The van der Waals surface area contributed by atoms with Crippen LogP contribution in [-0.4, -0.2) is 118 Å². The van der Waals surface area contributed by atoms with E-state index in [2.05, 4.69) is 67.8 Å². The van der Waals surface area contributed by atoms with Crippen LogP contribution in [0.3, 0.4) is 0 Å². The van der Waals surface area contributed by atoms with Crippen LogP contribution in [0.5, 0.6) is 0 Å². The van der Waals surface area contributed by atoms with Crippen molar-refractivity contribution in [2.75, 3.05) is 54.5 Å². The second-order valence-corrected chi connectivity index (χ2v) is 18.4. The Morgan fingerprint density at radius 3 is 1.46 bits per heavy atom. The van der Waals surface area contributed by atoms with Gasteiger partial charge in [-0.3, -0.25) is 48.5 Å². The first-order valence-electron chi connectivity index (χ1n) is 25.0. The lowest BCUT2D eigenvalue weighted by Crippen LogP contribution is -2.18. The highest BCUT2D eigenvalue weighted by Crippen LogP contribution is 2.22. The number of nitrogens with zero attached hydrogens (tertiary/aromatic N) is 11. The van der Waals surface area contributed by atoms with Gasteiger partial charge in [-0.15, -0.1) is 0 Å². The summed E-state index contributed by atoms with van der Waals surface area (Å²) in [7, 11) is 11.4. The number of hydrogen-bond donors (Lipinski definition) is 9. The minimum absolute atomic E-state index is 0.00914. The third-order valence-corrected chi connectivity index (χ3v) is 11.9. The van der Waals surface area contributed by atoms with Crippen molar-refractivity contribution in [2.24, 2.45) is 49.3 Å². The number of esters is 1. The number of aromatic nitrogens is 11. The van der Waals surface area contributed by atoms with Gasteiger partial charge in [-0.05, 0) is 19.4 Å². The van der Waals surface area contributed by atoms with Gasteiger partial charge >= 0.3 is 5.97 Å². The molecule has 81 heavy (non-hydrogen) atoms. The van der Waals surface area contributed by atoms with Crippen LogP contribution in [0, 0.1) is 0 Å². The summed E-state index contributed by atoms with van der Waals surface area (Å²) in [6.45, 7) is 1.82. The molecular formula is C50H60N20O11. The van der Waals surface area contributed by atoms with Gasteiger partial charge in [0.25, 0.3) is 17.7 Å². The highest BCUT2D eigenvalue weighted by atomic mass is 16.5. The number of carbonyl (C=O) groups excluding carboxylic acids is 10. The fourth-order valence-electron chi connectivity index (χ4n) is 7.90. The molecule has 0 bridgehead atoms. The fraction of sp³-hybridized carbons (Fsp3) is 0.320. The molecule has 7 rings (SSSR count). The summed E-state index contributed by atoms with van der Waals surface area (Å²) in [5, 5.41) is 24.0. The first-order chi connectivity index (χ1) is 38.5. The van der Waals surface area contributed by atoms with Gasteiger partial charge in [-0.2, -0.15) is 4.98 Å². The van der Waals surface area contributed by atoms with E-state index in [0.29, 0.717) is 28.7 Å². The van der Waals surface area contributed by atoms with E-state index in [1.54, 1.807) is 94.6 Å². The van der Waals surface area contributed by atoms with Crippen molar-refractivity contribution in [1.82, 2.24) is 51.9 Å². The summed E-state index contributed by atoms with van der Waals surface area (Å²) in [6, 6.07) is 4.54. The Balaban J connectivity index is 0.778. The average molecular weight is 1120 g/mol. The molecule has 7 aromatic rings. The largest absolute Gasteiger partial charge is 0.460 e. The minimum Gasteiger partial charge on any atom is -0.460 e. The van der Waals surface area contributed by atoms with E-state index in [4.69, 9.17) is 4.74 Å². The Bertz CT molecular complexity index is 3560. The zero-order chi connectivity index (χ0) is 58.7. The Morgan fingerprint density at radius 1 is 0.420 bits per heavy atom. The van der Waals surface area contributed by atoms with Crippen LogP contribution in [0.4, 0.5) is 52.1 Å². The van der Waals surface area contributed by atoms with E-state index in [9.17, 15) is 47.9 Å². The molecule has 7 heterocycles. The molecule has 0 saturated carbocycles. The second kappa shape index (κ2) is 25.7. The molecule has 0 aliphatic heterocycles. The van der Waals surface area contributed by atoms with Crippen LogP contribution >= 0.6 is 0 Å². The Kier molecular flexibility index (Phi) is 18.4. The fourth-order valence-corrected chi connectivity index (χ4v) is 7.90. The molecule has 9 amide bonds. The van der Waals surface area contributed by atoms with Crippen molar-refractivity contribution in [3.63, 3.8) is 0 Å². The van der Waals surface area contributed by atoms with Crippen LogP contribution in [0.2, 0.25) is 0 Å². The van der Waals surface area contributed by atoms with Gasteiger partial charge in [0, 0.05) is 150 Å². The number of rotatable bonds is 24. The molecular weight excluding hydrogens is 1060 g/mol. The summed E-state index contributed by atoms with van der Waals surface area (Å²) < 4.78 is 15.5. The maximum absolute atomic E-state index is 13.2. The number of nitrogens with one attached hydrogen (secondary N) is 9. The number of anilines is 9. The van der Waals surface area contributed by atoms with Crippen LogP contribution in [0.1, 0.15) is 94.2 Å². The topological polar surface area (TPSA) is 374 Å². The highest BCUT2D eigenvalue weighted by Gasteiger charge is 2.22. The van der Waals surface area contributed by atoms with Gasteiger partial charge in [0.1, 0.15) is 17.3 Å². The van der Waals surface area contributed by atoms with E-state index in [1.807, 2.05) is 0 Å². The smallest absolute Gasteiger partial charge is 0.374 e. The van der Waals surface area contributed by atoms with Gasteiger partial charge in [0.2, 0.25) is 53.0 Å². The first kappa shape index (κ1) is 58.1. The molecule has 0 fully saturated rings. The lowest BCUT2D eigenvalue weighted by Gasteiger charge is -2.06. The molecule has 0 aliphatic rings. The zero-order valence-corrected chi connectivity index (χ0v) is 45.4. The molecule has 0 aromatic carbocycles. The van der Waals surface area contributed by atoms with Gasteiger partial charge in [0.05, 0.1) is 23.7 Å². The SMILES string of the molecule is CCOC(=O)c1nc(NC(=O)c2cc(NC(=O)CCC(=O)Nc3nc(NC(=O)CCCC(=O)Nc4cc(NC(=O)c5nc(NC(=O)CCC(=O)Nc6cc(NC(=O)c7nccn7C)cn6C)cn5C)cn4C)cn3C)cn2C)cn1C. The lowest BCUT2D eigenvalue weighted by atomic mass is 10.2. The van der Waals surface area contributed by atoms with Crippen molar-refractivity contribution < 1.29 is 52.7 Å². The van der Waals surface area contributed by atoms with Crippen LogP contribution in [0.25, 0.3) is 0 Å². The number of ether oxygens (including phenoxy) is 1. The maximum atomic E-state index is 13.2. The minimum atomic E-state index is -0.641. The summed E-state index contributed by atoms with van der Waals surface area (Å²) in [6.07, 6.45) is 11.5. The Morgan fingerprint density at radius 2 is 0.877 bits per heavy atom. The van der Waals surface area contributed by atoms with Crippen molar-refractivity contribution in [3.8, 4) is 0 Å². The van der Waals surface area contributed by atoms with Crippen molar-refractivity contribution in [3.05, 3.63) is 90.9 Å². The molecule has 0 saturated heterocycles. The lowest BCUT2D eigenvalue weighted by molar-refractivity contribution is -0.121. The van der Waals surface area contributed by atoms with Gasteiger partial charge in [0.15, 0.2) is 23.3 Å². The van der Waals surface area contributed by atoms with E-state index in [1.165, 1.54) is 61.4 Å². The van der Waals surface area contributed by atoms with Crippen molar-refractivity contribution in [2.45, 2.75) is 51.9 Å². The van der Waals surface area contributed by atoms with E-state index in [-0.39, 0.29) is 98.1 Å². The summed E-state index contributed by atoms with van der Waals surface area (Å²) >= 11 is 0. The number of aryl methyl sites for hydroxylation is 7. The molecule has 0 aliphatic carbocycles. The monoisotopic (exact) mass is 1120 g/mol. The molecule has 7 aromatic heterocycles. The normalized spacial score (nSPS) is 10.9. The third-order valence-electron chi connectivity index (χ3n) is 11.9. The molecule has 0 radical (unpaired) electrons. The number of hydrogen-bond acceptors (Lipinski definition) is 15. The van der Waals surface area contributed by atoms with Gasteiger partial charge in [-0.25, -0.2) is 19.7 Å². The maximum Gasteiger partial charge on any atom is 0.374 e. The summed E-state index contributed by atoms with van der Waals surface area (Å²) in [5.74, 6) is -3.72. The summed E-state index contributed by atoms with van der Waals surface area (Å²) in [4.78, 5) is 144. The molecule has 0 atom stereocenters. The number of amides is 9. The van der Waals surface area contributed by atoms with E-state index < -0.39 is 59.1 Å². The summed E-state index contributed by atoms with van der Waals surface area (Å²) in [5.41, 5.74) is 1.24. The van der Waals surface area contributed by atoms with Gasteiger partial charge in [-0.1, -0.05) is 0 Å². The van der Waals surface area contributed by atoms with Crippen LogP contribution in [-0.2, 0) is 82.8 Å². The average Bonchev–Trinajstić information content (AvgIpc) is 4.34. The third kappa shape index (κ3) is 15.5. The quantitative estimate of drug-likeness (QED) is 0.0393. The molecule has 426 valence electrons. The molecule has 31 heteroatoms. The highest BCUT2D eigenvalue weighted by molar-refractivity contribution is 6.06. The second-order valence-electron chi connectivity index (χ2n) is 18.4. The Labute approximate surface area is 461 Å². The van der Waals surface area contributed by atoms with Crippen molar-refractivity contribution >= 4 is 111 Å². The zero-order valence-electron chi connectivity index (χ0n) is 45.4. The van der Waals surface area contributed by atoms with Gasteiger partial charge < -0.3 is 79.2 Å². The predicted octanol–water partition coefficient (Wildman–Crippen LogP) is 3.03. The first-order valence-corrected chi connectivity index (χ1v) is 25.0. The Hall–Kier alpha value is -10.6. The number of imidazole rings is 4. The molecule has 0 spiro atoms.